The molecule has 0 radical (unpaired) electrons. The lowest BCUT2D eigenvalue weighted by molar-refractivity contribution is -0.112. The van der Waals surface area contributed by atoms with E-state index in [1.807, 2.05) is 0 Å². The van der Waals surface area contributed by atoms with Gasteiger partial charge in [-0.1, -0.05) is 27.7 Å². The number of rotatable bonds is 9. The van der Waals surface area contributed by atoms with Crippen LogP contribution in [0.1, 0.15) is 61.4 Å². The summed E-state index contributed by atoms with van der Waals surface area (Å²) in [5.74, 6) is 3.21. The topological polar surface area (TPSA) is 60.5 Å². The highest BCUT2D eigenvalue weighted by Crippen LogP contribution is 2.51. The predicted molar refractivity (Wildman–Crippen MR) is 128 cm³/mol. The van der Waals surface area contributed by atoms with Gasteiger partial charge in [0.1, 0.15) is 24.6 Å². The van der Waals surface area contributed by atoms with Crippen molar-refractivity contribution in [2.24, 2.45) is 23.7 Å². The SMILES string of the molecule is COCC(O)COC1C(C)C(C)C(c2c(C)c(C)c(OCC3CO3)c(C)c2C)C(C)C1C. The lowest BCUT2D eigenvalue weighted by atomic mass is 9.59. The van der Waals surface area contributed by atoms with Crippen LogP contribution in [0.3, 0.4) is 0 Å². The monoisotopic (exact) mass is 448 g/mol. The van der Waals surface area contributed by atoms with E-state index < -0.39 is 6.10 Å². The maximum Gasteiger partial charge on any atom is 0.125 e. The summed E-state index contributed by atoms with van der Waals surface area (Å²) >= 11 is 0. The Kier molecular flexibility index (Phi) is 8.30. The molecular formula is C27H44O5. The van der Waals surface area contributed by atoms with Gasteiger partial charge in [0.25, 0.3) is 0 Å². The van der Waals surface area contributed by atoms with E-state index in [1.54, 1.807) is 7.11 Å². The Labute approximate surface area is 194 Å². The normalized spacial score (nSPS) is 33.2. The van der Waals surface area contributed by atoms with Crippen LogP contribution in [0.4, 0.5) is 0 Å². The Balaban J connectivity index is 1.87. The van der Waals surface area contributed by atoms with Crippen LogP contribution in [0.2, 0.25) is 0 Å². The molecule has 2 fully saturated rings. The van der Waals surface area contributed by atoms with Crippen molar-refractivity contribution in [3.63, 3.8) is 0 Å². The van der Waals surface area contributed by atoms with Crippen molar-refractivity contribution in [1.82, 2.24) is 0 Å². The van der Waals surface area contributed by atoms with Crippen LogP contribution < -0.4 is 4.74 Å². The van der Waals surface area contributed by atoms with Gasteiger partial charge < -0.3 is 24.1 Å². The highest BCUT2D eigenvalue weighted by molar-refractivity contribution is 5.55. The van der Waals surface area contributed by atoms with Gasteiger partial charge in [-0.2, -0.15) is 0 Å². The molecular weight excluding hydrogens is 404 g/mol. The molecule has 1 saturated carbocycles. The maximum atomic E-state index is 10.1. The Morgan fingerprint density at radius 3 is 1.88 bits per heavy atom. The molecule has 0 aromatic heterocycles. The number of hydrogen-bond acceptors (Lipinski definition) is 5. The van der Waals surface area contributed by atoms with Gasteiger partial charge in [0.2, 0.25) is 0 Å². The van der Waals surface area contributed by atoms with Crippen molar-refractivity contribution in [3.05, 3.63) is 27.8 Å². The first kappa shape index (κ1) is 25.5. The van der Waals surface area contributed by atoms with Crippen molar-refractivity contribution in [2.45, 2.75) is 79.6 Å². The van der Waals surface area contributed by atoms with Crippen molar-refractivity contribution < 1.29 is 24.1 Å². The Morgan fingerprint density at radius 1 is 0.875 bits per heavy atom. The molecule has 1 aromatic rings. The van der Waals surface area contributed by atoms with Gasteiger partial charge in [0, 0.05) is 7.11 Å². The van der Waals surface area contributed by atoms with Crippen molar-refractivity contribution >= 4 is 0 Å². The molecule has 182 valence electrons. The summed E-state index contributed by atoms with van der Waals surface area (Å²) in [5, 5.41) is 10.1. The molecule has 6 unspecified atom stereocenters. The molecule has 0 spiro atoms. The second-order valence-corrected chi connectivity index (χ2v) is 10.4. The minimum Gasteiger partial charge on any atom is -0.490 e. The molecule has 0 bridgehead atoms. The summed E-state index contributed by atoms with van der Waals surface area (Å²) in [6.07, 6.45) is -0.189. The first-order valence-corrected chi connectivity index (χ1v) is 12.2. The third-order valence-corrected chi connectivity index (χ3v) is 8.43. The van der Waals surface area contributed by atoms with Gasteiger partial charge in [-0.25, -0.2) is 0 Å². The first-order valence-electron chi connectivity index (χ1n) is 12.2. The fraction of sp³-hybridized carbons (Fsp3) is 0.778. The third kappa shape index (κ3) is 5.01. The zero-order valence-electron chi connectivity index (χ0n) is 21.5. The number of hydrogen-bond donors (Lipinski definition) is 1. The predicted octanol–water partition coefficient (Wildman–Crippen LogP) is 4.73. The first-order chi connectivity index (χ1) is 15.1. The fourth-order valence-corrected chi connectivity index (χ4v) is 5.87. The average Bonchev–Trinajstić information content (AvgIpc) is 3.58. The molecule has 5 heteroatoms. The van der Waals surface area contributed by atoms with E-state index in [0.717, 1.165) is 12.4 Å². The largest absolute Gasteiger partial charge is 0.490 e. The van der Waals surface area contributed by atoms with Gasteiger partial charge in [0.15, 0.2) is 0 Å². The molecule has 1 aromatic carbocycles. The molecule has 0 amide bonds. The van der Waals surface area contributed by atoms with Crippen LogP contribution in [0.5, 0.6) is 5.75 Å². The standard InChI is InChI=1S/C27H44O5/c1-14-18(5)26(31-11-22(28)10-29-9)19(6)15(2)24(14)25-16(3)20(7)27(21(8)17(25)4)32-13-23-12-30-23/h14-15,18-19,22-24,26,28H,10-13H2,1-9H3. The van der Waals surface area contributed by atoms with E-state index in [4.69, 9.17) is 18.9 Å². The lowest BCUT2D eigenvalue weighted by Gasteiger charge is -2.49. The van der Waals surface area contributed by atoms with Gasteiger partial charge in [-0.15, -0.1) is 0 Å². The van der Waals surface area contributed by atoms with Crippen molar-refractivity contribution in [3.8, 4) is 5.75 Å². The number of aliphatic hydroxyl groups is 1. The summed E-state index contributed by atoms with van der Waals surface area (Å²) in [6, 6.07) is 0. The second-order valence-electron chi connectivity index (χ2n) is 10.4. The maximum absolute atomic E-state index is 10.1. The van der Waals surface area contributed by atoms with E-state index >= 15 is 0 Å². The average molecular weight is 449 g/mol. The van der Waals surface area contributed by atoms with Gasteiger partial charge in [-0.3, -0.25) is 0 Å². The fourth-order valence-electron chi connectivity index (χ4n) is 5.87. The molecule has 3 rings (SSSR count). The molecule has 1 N–H and O–H groups in total. The number of benzene rings is 1. The van der Waals surface area contributed by atoms with Crippen LogP contribution in [-0.4, -0.2) is 57.0 Å². The molecule has 1 aliphatic carbocycles. The highest BCUT2D eigenvalue weighted by Gasteiger charge is 2.45. The van der Waals surface area contributed by atoms with E-state index in [9.17, 15) is 5.11 Å². The molecule has 5 nitrogen and oxygen atoms in total. The zero-order valence-corrected chi connectivity index (χ0v) is 21.5. The minimum atomic E-state index is -0.578. The van der Waals surface area contributed by atoms with E-state index in [-0.39, 0.29) is 12.2 Å². The van der Waals surface area contributed by atoms with Crippen molar-refractivity contribution in [2.75, 3.05) is 33.5 Å². The molecule has 1 saturated heterocycles. The number of ether oxygens (including phenoxy) is 4. The Bertz CT molecular complexity index is 742. The smallest absolute Gasteiger partial charge is 0.125 e. The second kappa shape index (κ2) is 10.4. The summed E-state index contributed by atoms with van der Waals surface area (Å²) < 4.78 is 22.9. The van der Waals surface area contributed by atoms with Crippen LogP contribution in [0.15, 0.2) is 0 Å². The number of epoxide rings is 1. The number of methoxy groups -OCH3 is 1. The zero-order chi connectivity index (χ0) is 23.7. The van der Waals surface area contributed by atoms with Gasteiger partial charge >= 0.3 is 0 Å². The Morgan fingerprint density at radius 2 is 1.41 bits per heavy atom. The molecule has 1 aliphatic heterocycles. The molecule has 1 heterocycles. The van der Waals surface area contributed by atoms with Crippen LogP contribution in [0.25, 0.3) is 0 Å². The van der Waals surface area contributed by atoms with E-state index in [2.05, 4.69) is 55.4 Å². The van der Waals surface area contributed by atoms with E-state index in [0.29, 0.717) is 49.4 Å². The lowest BCUT2D eigenvalue weighted by Crippen LogP contribution is -2.47. The minimum absolute atomic E-state index is 0.131. The van der Waals surface area contributed by atoms with Crippen LogP contribution >= 0.6 is 0 Å². The summed E-state index contributed by atoms with van der Waals surface area (Å²) in [6.45, 7) is 20.4. The van der Waals surface area contributed by atoms with E-state index in [1.165, 1.54) is 27.8 Å². The number of aliphatic hydroxyl groups excluding tert-OH is 1. The van der Waals surface area contributed by atoms with Gasteiger partial charge in [-0.05, 0) is 85.1 Å². The highest BCUT2D eigenvalue weighted by atomic mass is 16.6. The van der Waals surface area contributed by atoms with Crippen LogP contribution in [-0.2, 0) is 14.2 Å². The van der Waals surface area contributed by atoms with Gasteiger partial charge in [0.05, 0.1) is 25.9 Å². The summed E-state index contributed by atoms with van der Waals surface area (Å²) in [5.41, 5.74) is 6.72. The Hall–Kier alpha value is -1.14. The summed E-state index contributed by atoms with van der Waals surface area (Å²) in [7, 11) is 1.61. The molecule has 2 aliphatic rings. The molecule has 32 heavy (non-hydrogen) atoms. The van der Waals surface area contributed by atoms with Crippen molar-refractivity contribution in [1.29, 1.82) is 0 Å². The van der Waals surface area contributed by atoms with Crippen LogP contribution in [0, 0.1) is 51.4 Å². The third-order valence-electron chi connectivity index (χ3n) is 8.43. The molecule has 6 atom stereocenters. The summed E-state index contributed by atoms with van der Waals surface area (Å²) in [4.78, 5) is 0. The quantitative estimate of drug-likeness (QED) is 0.553.